The van der Waals surface area contributed by atoms with Crippen LogP contribution in [0, 0.1) is 6.92 Å². The van der Waals surface area contributed by atoms with Crippen molar-refractivity contribution in [2.45, 2.75) is 17.9 Å². The Morgan fingerprint density at radius 2 is 1.77 bits per heavy atom. The van der Waals surface area contributed by atoms with Crippen molar-refractivity contribution in [2.75, 3.05) is 20.6 Å². The summed E-state index contributed by atoms with van der Waals surface area (Å²) in [6.07, 6.45) is 1.68. The topological polar surface area (TPSA) is 62.3 Å². The van der Waals surface area contributed by atoms with Crippen LogP contribution in [0.15, 0.2) is 65.7 Å². The van der Waals surface area contributed by atoms with Gasteiger partial charge in [0.15, 0.2) is 0 Å². The van der Waals surface area contributed by atoms with Crippen molar-refractivity contribution >= 4 is 20.9 Å². The van der Waals surface area contributed by atoms with Crippen LogP contribution < -0.4 is 4.72 Å². The molecule has 1 atom stereocenters. The fourth-order valence-electron chi connectivity index (χ4n) is 3.06. The Hall–Kier alpha value is -2.28. The van der Waals surface area contributed by atoms with Crippen molar-refractivity contribution in [3.8, 4) is 0 Å². The monoisotopic (exact) mass is 369 g/mol. The van der Waals surface area contributed by atoms with E-state index in [1.807, 2.05) is 56.3 Å². The van der Waals surface area contributed by atoms with Crippen molar-refractivity contribution in [3.05, 3.63) is 71.9 Å². The van der Waals surface area contributed by atoms with Crippen LogP contribution in [0.4, 0.5) is 0 Å². The molecule has 1 unspecified atom stereocenters. The molecule has 2 aromatic carbocycles. The number of fused-ring (bicyclic) bond motifs is 1. The Balaban J connectivity index is 1.91. The Kier molecular flexibility index (Phi) is 5.36. The molecule has 0 spiro atoms. The number of rotatable bonds is 6. The van der Waals surface area contributed by atoms with Gasteiger partial charge in [-0.2, -0.15) is 0 Å². The molecule has 136 valence electrons. The number of nitrogens with zero attached hydrogens (tertiary/aromatic N) is 2. The normalized spacial score (nSPS) is 13.2. The maximum atomic E-state index is 13.0. The summed E-state index contributed by atoms with van der Waals surface area (Å²) >= 11 is 0. The summed E-state index contributed by atoms with van der Waals surface area (Å²) in [6.45, 7) is 2.21. The highest BCUT2D eigenvalue weighted by molar-refractivity contribution is 7.89. The highest BCUT2D eigenvalue weighted by Crippen LogP contribution is 2.25. The SMILES string of the molecule is Cc1ccc(S(=O)(=O)NCC(c2ccccc2)N(C)C)c2cccnc12. The minimum Gasteiger partial charge on any atom is -0.301 e. The Morgan fingerprint density at radius 3 is 2.46 bits per heavy atom. The first kappa shape index (κ1) is 18.5. The summed E-state index contributed by atoms with van der Waals surface area (Å²) in [5.41, 5.74) is 2.73. The molecular formula is C20H23N3O2S. The number of sulfonamides is 1. The van der Waals surface area contributed by atoms with Gasteiger partial charge in [0.05, 0.1) is 10.4 Å². The first-order chi connectivity index (χ1) is 12.4. The van der Waals surface area contributed by atoms with E-state index in [1.165, 1.54) is 0 Å². The Bertz CT molecular complexity index is 1000. The van der Waals surface area contributed by atoms with Crippen LogP contribution in [0.2, 0.25) is 0 Å². The molecule has 0 saturated carbocycles. The molecule has 3 rings (SSSR count). The molecule has 0 fully saturated rings. The maximum absolute atomic E-state index is 13.0. The van der Waals surface area contributed by atoms with E-state index in [0.717, 1.165) is 11.1 Å². The van der Waals surface area contributed by atoms with Gasteiger partial charge in [-0.15, -0.1) is 0 Å². The maximum Gasteiger partial charge on any atom is 0.241 e. The summed E-state index contributed by atoms with van der Waals surface area (Å²) in [4.78, 5) is 6.59. The van der Waals surface area contributed by atoms with Crippen LogP contribution in [0.1, 0.15) is 17.2 Å². The molecule has 26 heavy (non-hydrogen) atoms. The number of hydrogen-bond donors (Lipinski definition) is 1. The second-order valence-electron chi connectivity index (χ2n) is 6.52. The van der Waals surface area contributed by atoms with E-state index in [4.69, 9.17) is 0 Å². The van der Waals surface area contributed by atoms with E-state index in [9.17, 15) is 8.42 Å². The molecule has 1 N–H and O–H groups in total. The van der Waals surface area contributed by atoms with Crippen molar-refractivity contribution < 1.29 is 8.42 Å². The number of benzene rings is 2. The number of aryl methyl sites for hydroxylation is 1. The lowest BCUT2D eigenvalue weighted by Crippen LogP contribution is -2.34. The molecule has 0 amide bonds. The van der Waals surface area contributed by atoms with Crippen molar-refractivity contribution in [1.29, 1.82) is 0 Å². The smallest absolute Gasteiger partial charge is 0.241 e. The van der Waals surface area contributed by atoms with E-state index in [-0.39, 0.29) is 17.5 Å². The summed E-state index contributed by atoms with van der Waals surface area (Å²) in [5, 5.41) is 0.640. The molecule has 5 nitrogen and oxygen atoms in total. The van der Waals surface area contributed by atoms with Gasteiger partial charge in [0.1, 0.15) is 0 Å². The van der Waals surface area contributed by atoms with Crippen molar-refractivity contribution in [2.24, 2.45) is 0 Å². The summed E-state index contributed by atoms with van der Waals surface area (Å²) < 4.78 is 28.7. The fraction of sp³-hybridized carbons (Fsp3) is 0.250. The van der Waals surface area contributed by atoms with Gasteiger partial charge in [0.25, 0.3) is 0 Å². The Morgan fingerprint density at radius 1 is 1.04 bits per heavy atom. The van der Waals surface area contributed by atoms with E-state index < -0.39 is 10.0 Å². The number of pyridine rings is 1. The molecular weight excluding hydrogens is 346 g/mol. The van der Waals surface area contributed by atoms with Crippen LogP contribution >= 0.6 is 0 Å². The molecule has 6 heteroatoms. The minimum atomic E-state index is -3.66. The third-order valence-electron chi connectivity index (χ3n) is 4.50. The van der Waals surface area contributed by atoms with E-state index in [1.54, 1.807) is 30.5 Å². The standard InChI is InChI=1S/C20H23N3O2S/c1-15-11-12-19(17-10-7-13-21-20(15)17)26(24,25)22-14-18(23(2)3)16-8-5-4-6-9-16/h4-13,18,22H,14H2,1-3H3. The van der Waals surface area contributed by atoms with E-state index in [0.29, 0.717) is 10.9 Å². The van der Waals surface area contributed by atoms with Crippen molar-refractivity contribution in [3.63, 3.8) is 0 Å². The van der Waals surface area contributed by atoms with Crippen LogP contribution in [0.3, 0.4) is 0 Å². The van der Waals surface area contributed by atoms with Gasteiger partial charge in [-0.1, -0.05) is 36.4 Å². The predicted molar refractivity (Wildman–Crippen MR) is 105 cm³/mol. The van der Waals surface area contributed by atoms with Crippen molar-refractivity contribution in [1.82, 2.24) is 14.6 Å². The summed E-state index contributed by atoms with van der Waals surface area (Å²) in [5.74, 6) is 0. The highest BCUT2D eigenvalue weighted by atomic mass is 32.2. The molecule has 1 aromatic heterocycles. The number of hydrogen-bond acceptors (Lipinski definition) is 4. The zero-order valence-corrected chi connectivity index (χ0v) is 16.0. The lowest BCUT2D eigenvalue weighted by atomic mass is 10.1. The molecule has 0 aliphatic carbocycles. The summed E-state index contributed by atoms with van der Waals surface area (Å²) in [7, 11) is 0.226. The molecule has 0 saturated heterocycles. The molecule has 3 aromatic rings. The fourth-order valence-corrected chi connectivity index (χ4v) is 4.30. The van der Waals surface area contributed by atoms with Crippen LogP contribution in [0.5, 0.6) is 0 Å². The zero-order valence-electron chi connectivity index (χ0n) is 15.2. The number of nitrogens with one attached hydrogen (secondary N) is 1. The highest BCUT2D eigenvalue weighted by Gasteiger charge is 2.22. The third kappa shape index (κ3) is 3.77. The lowest BCUT2D eigenvalue weighted by molar-refractivity contribution is 0.299. The van der Waals surface area contributed by atoms with E-state index in [2.05, 4.69) is 9.71 Å². The number of likely N-dealkylation sites (N-methyl/N-ethyl adjacent to an activating group) is 1. The molecule has 1 heterocycles. The predicted octanol–water partition coefficient (Wildman–Crippen LogP) is 3.12. The summed E-state index contributed by atoms with van der Waals surface area (Å²) in [6, 6.07) is 16.8. The van der Waals surface area contributed by atoms with Gasteiger partial charge in [-0.05, 0) is 50.3 Å². The molecule has 0 aliphatic heterocycles. The first-order valence-corrected chi connectivity index (χ1v) is 9.94. The van der Waals surface area contributed by atoms with E-state index >= 15 is 0 Å². The third-order valence-corrected chi connectivity index (χ3v) is 5.98. The van der Waals surface area contributed by atoms with Crippen LogP contribution in [0.25, 0.3) is 10.9 Å². The second kappa shape index (κ2) is 7.53. The number of aromatic nitrogens is 1. The zero-order chi connectivity index (χ0) is 18.7. The average molecular weight is 369 g/mol. The minimum absolute atomic E-state index is 0.0548. The van der Waals surface area contributed by atoms with Gasteiger partial charge in [0.2, 0.25) is 10.0 Å². The van der Waals surface area contributed by atoms with Gasteiger partial charge in [-0.3, -0.25) is 4.98 Å². The van der Waals surface area contributed by atoms with Gasteiger partial charge in [0, 0.05) is 24.2 Å². The lowest BCUT2D eigenvalue weighted by Gasteiger charge is -2.25. The van der Waals surface area contributed by atoms with Crippen LogP contribution in [-0.4, -0.2) is 38.9 Å². The first-order valence-electron chi connectivity index (χ1n) is 8.45. The van der Waals surface area contributed by atoms with Crippen LogP contribution in [-0.2, 0) is 10.0 Å². The Labute approximate surface area is 154 Å². The average Bonchev–Trinajstić information content (AvgIpc) is 2.62. The quantitative estimate of drug-likeness (QED) is 0.725. The molecule has 0 radical (unpaired) electrons. The molecule has 0 aliphatic rings. The molecule has 0 bridgehead atoms. The second-order valence-corrected chi connectivity index (χ2v) is 8.26. The van der Waals surface area contributed by atoms with Gasteiger partial charge < -0.3 is 4.90 Å². The largest absolute Gasteiger partial charge is 0.301 e. The van der Waals surface area contributed by atoms with Gasteiger partial charge in [-0.25, -0.2) is 13.1 Å². The van der Waals surface area contributed by atoms with Gasteiger partial charge >= 0.3 is 0 Å².